The molecule has 0 aromatic heterocycles. The minimum Gasteiger partial charge on any atom is -0.193 e. The average molecular weight is 187 g/mol. The van der Waals surface area contributed by atoms with Crippen molar-refractivity contribution < 1.29 is 0 Å². The summed E-state index contributed by atoms with van der Waals surface area (Å²) < 4.78 is 0. The molecule has 0 unspecified atom stereocenters. The Hall–Kier alpha value is -1.29. The van der Waals surface area contributed by atoms with E-state index in [2.05, 4.69) is 36.4 Å². The summed E-state index contributed by atoms with van der Waals surface area (Å²) in [6, 6.07) is 2.26. The van der Waals surface area contributed by atoms with Gasteiger partial charge in [0.25, 0.3) is 0 Å². The maximum absolute atomic E-state index is 8.84. The molecule has 0 saturated carbocycles. The average Bonchev–Trinajstić information content (AvgIpc) is 2.19. The highest BCUT2D eigenvalue weighted by molar-refractivity contribution is 5.21. The maximum atomic E-state index is 8.84. The van der Waals surface area contributed by atoms with Gasteiger partial charge in [-0.2, -0.15) is 5.26 Å². The minimum atomic E-state index is 0.900. The van der Waals surface area contributed by atoms with E-state index in [1.807, 2.05) is 0 Å². The second kappa shape index (κ2) is 7.15. The highest BCUT2D eigenvalue weighted by atomic mass is 14.2. The lowest BCUT2D eigenvalue weighted by Gasteiger charge is -1.96. The van der Waals surface area contributed by atoms with Crippen molar-refractivity contribution in [3.63, 3.8) is 0 Å². The van der Waals surface area contributed by atoms with Crippen molar-refractivity contribution in [1.29, 1.82) is 5.26 Å². The van der Waals surface area contributed by atoms with Crippen LogP contribution < -0.4 is 0 Å². The van der Waals surface area contributed by atoms with Crippen LogP contribution >= 0.6 is 0 Å². The van der Waals surface area contributed by atoms with Gasteiger partial charge in [-0.05, 0) is 38.5 Å². The third-order valence-electron chi connectivity index (χ3n) is 2.28. The fourth-order valence-corrected chi connectivity index (χ4v) is 1.46. The van der Waals surface area contributed by atoms with Crippen LogP contribution in [0.2, 0.25) is 0 Å². The standard InChI is InChI=1S/C13H17N/c14-12-13-10-8-6-4-2-1-3-5-7-9-11-13/h2,4-5,7,10H,1,3,6,8-9,11H2. The predicted octanol–water partition coefficient (Wildman–Crippen LogP) is 3.90. The van der Waals surface area contributed by atoms with Crippen LogP contribution in [0, 0.1) is 11.3 Å². The fourth-order valence-electron chi connectivity index (χ4n) is 1.46. The van der Waals surface area contributed by atoms with E-state index in [0.29, 0.717) is 0 Å². The molecule has 14 heavy (non-hydrogen) atoms. The monoisotopic (exact) mass is 187 g/mol. The summed E-state index contributed by atoms with van der Waals surface area (Å²) in [7, 11) is 0. The molecular weight excluding hydrogens is 170 g/mol. The van der Waals surface area contributed by atoms with Crippen molar-refractivity contribution in [3.8, 4) is 6.07 Å². The molecule has 0 bridgehead atoms. The first-order chi connectivity index (χ1) is 6.93. The molecule has 0 spiro atoms. The number of nitriles is 1. The summed E-state index contributed by atoms with van der Waals surface area (Å²) in [5, 5.41) is 8.84. The molecule has 0 amide bonds. The van der Waals surface area contributed by atoms with E-state index in [-0.39, 0.29) is 0 Å². The van der Waals surface area contributed by atoms with Gasteiger partial charge in [0.1, 0.15) is 0 Å². The van der Waals surface area contributed by atoms with Crippen LogP contribution in [0.25, 0.3) is 0 Å². The molecule has 0 aromatic rings. The van der Waals surface area contributed by atoms with E-state index in [0.717, 1.165) is 44.1 Å². The van der Waals surface area contributed by atoms with Crippen LogP contribution in [-0.4, -0.2) is 0 Å². The molecule has 0 fully saturated rings. The molecule has 1 aliphatic rings. The quantitative estimate of drug-likeness (QED) is 0.527. The Labute approximate surface area is 86.4 Å². The van der Waals surface area contributed by atoms with Crippen molar-refractivity contribution in [3.05, 3.63) is 36.0 Å². The Morgan fingerprint density at radius 1 is 0.857 bits per heavy atom. The fraction of sp³-hybridized carbons (Fsp3) is 0.462. The molecule has 1 rings (SSSR count). The summed E-state index contributed by atoms with van der Waals surface area (Å²) in [5.41, 5.74) is 0.934. The van der Waals surface area contributed by atoms with E-state index >= 15 is 0 Å². The van der Waals surface area contributed by atoms with Crippen LogP contribution in [-0.2, 0) is 0 Å². The van der Waals surface area contributed by atoms with Crippen LogP contribution in [0.4, 0.5) is 0 Å². The van der Waals surface area contributed by atoms with Crippen molar-refractivity contribution in [2.75, 3.05) is 0 Å². The lowest BCUT2D eigenvalue weighted by molar-refractivity contribution is 0.941. The van der Waals surface area contributed by atoms with Crippen LogP contribution in [0.5, 0.6) is 0 Å². The van der Waals surface area contributed by atoms with Gasteiger partial charge in [0.05, 0.1) is 6.07 Å². The van der Waals surface area contributed by atoms with E-state index < -0.39 is 0 Å². The van der Waals surface area contributed by atoms with Crippen molar-refractivity contribution in [2.45, 2.75) is 38.5 Å². The SMILES string of the molecule is N#CC1=CCCC=CCCC=CCC1. The summed E-state index contributed by atoms with van der Waals surface area (Å²) in [6.45, 7) is 0. The summed E-state index contributed by atoms with van der Waals surface area (Å²) in [4.78, 5) is 0. The van der Waals surface area contributed by atoms with Gasteiger partial charge in [-0.3, -0.25) is 0 Å². The lowest BCUT2D eigenvalue weighted by Crippen LogP contribution is -1.80. The first-order valence-corrected chi connectivity index (χ1v) is 5.32. The predicted molar refractivity (Wildman–Crippen MR) is 59.7 cm³/mol. The van der Waals surface area contributed by atoms with Gasteiger partial charge in [-0.15, -0.1) is 0 Å². The molecular formula is C13H17N. The maximum Gasteiger partial charge on any atom is 0.0943 e. The first kappa shape index (κ1) is 10.8. The Bertz CT molecular complexity index is 276. The molecule has 0 aromatic carbocycles. The van der Waals surface area contributed by atoms with Gasteiger partial charge < -0.3 is 0 Å². The number of allylic oxidation sites excluding steroid dienone is 6. The normalized spacial score (nSPS) is 18.9. The zero-order chi connectivity index (χ0) is 10.1. The molecule has 74 valence electrons. The molecule has 1 aliphatic carbocycles. The minimum absolute atomic E-state index is 0.900. The Morgan fingerprint density at radius 3 is 2.07 bits per heavy atom. The zero-order valence-electron chi connectivity index (χ0n) is 8.58. The third-order valence-corrected chi connectivity index (χ3v) is 2.28. The van der Waals surface area contributed by atoms with Crippen molar-refractivity contribution in [2.24, 2.45) is 0 Å². The molecule has 0 N–H and O–H groups in total. The van der Waals surface area contributed by atoms with Crippen molar-refractivity contribution >= 4 is 0 Å². The van der Waals surface area contributed by atoms with E-state index in [9.17, 15) is 0 Å². The number of hydrogen-bond donors (Lipinski definition) is 0. The number of nitrogens with zero attached hydrogens (tertiary/aromatic N) is 1. The van der Waals surface area contributed by atoms with Crippen LogP contribution in [0.15, 0.2) is 36.0 Å². The van der Waals surface area contributed by atoms with Gasteiger partial charge in [0, 0.05) is 5.57 Å². The van der Waals surface area contributed by atoms with Gasteiger partial charge in [0.15, 0.2) is 0 Å². The molecule has 1 heteroatoms. The first-order valence-electron chi connectivity index (χ1n) is 5.32. The Balaban J connectivity index is 2.52. The summed E-state index contributed by atoms with van der Waals surface area (Å²) >= 11 is 0. The van der Waals surface area contributed by atoms with Gasteiger partial charge >= 0.3 is 0 Å². The highest BCUT2D eigenvalue weighted by Crippen LogP contribution is 2.09. The van der Waals surface area contributed by atoms with E-state index in [1.165, 1.54) is 0 Å². The molecule has 0 atom stereocenters. The van der Waals surface area contributed by atoms with Gasteiger partial charge in [0.2, 0.25) is 0 Å². The lowest BCUT2D eigenvalue weighted by atomic mass is 10.1. The van der Waals surface area contributed by atoms with E-state index in [1.54, 1.807) is 0 Å². The smallest absolute Gasteiger partial charge is 0.0943 e. The zero-order valence-corrected chi connectivity index (χ0v) is 8.58. The van der Waals surface area contributed by atoms with E-state index in [4.69, 9.17) is 5.26 Å². The topological polar surface area (TPSA) is 23.8 Å². The second-order valence-corrected chi connectivity index (χ2v) is 3.48. The molecule has 0 aliphatic heterocycles. The van der Waals surface area contributed by atoms with Gasteiger partial charge in [-0.25, -0.2) is 0 Å². The van der Waals surface area contributed by atoms with Gasteiger partial charge in [-0.1, -0.05) is 30.4 Å². The molecule has 0 radical (unpaired) electrons. The molecule has 1 nitrogen and oxygen atoms in total. The second-order valence-electron chi connectivity index (χ2n) is 3.48. The van der Waals surface area contributed by atoms with Crippen LogP contribution in [0.1, 0.15) is 38.5 Å². The summed E-state index contributed by atoms with van der Waals surface area (Å²) in [5.74, 6) is 0. The molecule has 0 saturated heterocycles. The highest BCUT2D eigenvalue weighted by Gasteiger charge is 1.93. The number of hydrogen-bond acceptors (Lipinski definition) is 1. The van der Waals surface area contributed by atoms with Crippen molar-refractivity contribution in [1.82, 2.24) is 0 Å². The Kier molecular flexibility index (Phi) is 5.51. The summed E-state index contributed by atoms with van der Waals surface area (Å²) in [6.07, 6.45) is 17.1. The Morgan fingerprint density at radius 2 is 1.43 bits per heavy atom. The largest absolute Gasteiger partial charge is 0.193 e. The van der Waals surface area contributed by atoms with Crippen LogP contribution in [0.3, 0.4) is 0 Å². The third kappa shape index (κ3) is 4.67. The molecule has 0 heterocycles. The number of rotatable bonds is 0.